The number of pyridine rings is 1. The van der Waals surface area contributed by atoms with Crippen molar-refractivity contribution in [3.63, 3.8) is 0 Å². The Bertz CT molecular complexity index is 1360. The predicted molar refractivity (Wildman–Crippen MR) is 119 cm³/mol. The van der Waals surface area contributed by atoms with Gasteiger partial charge in [-0.05, 0) is 29.7 Å². The number of fused-ring (bicyclic) bond motifs is 1. The quantitative estimate of drug-likeness (QED) is 0.562. The first-order valence-electron chi connectivity index (χ1n) is 9.69. The fourth-order valence-corrected chi connectivity index (χ4v) is 3.56. The molecule has 0 aliphatic heterocycles. The molecular formula is C24H23N3O3. The molecule has 6 heteroatoms. The van der Waals surface area contributed by atoms with Crippen LogP contribution in [0.1, 0.15) is 26.3 Å². The predicted octanol–water partition coefficient (Wildman–Crippen LogP) is 4.05. The first-order valence-corrected chi connectivity index (χ1v) is 9.69. The van der Waals surface area contributed by atoms with E-state index in [-0.39, 0.29) is 5.41 Å². The van der Waals surface area contributed by atoms with Crippen LogP contribution in [-0.2, 0) is 5.41 Å². The molecule has 4 aromatic rings. The maximum absolute atomic E-state index is 12.4. The van der Waals surface area contributed by atoms with E-state index in [1.807, 2.05) is 48.5 Å². The van der Waals surface area contributed by atoms with E-state index in [2.05, 4.69) is 25.8 Å². The van der Waals surface area contributed by atoms with Gasteiger partial charge in [0, 0.05) is 28.8 Å². The Labute approximate surface area is 173 Å². The first-order chi connectivity index (χ1) is 14.3. The van der Waals surface area contributed by atoms with Crippen molar-refractivity contribution in [2.75, 3.05) is 7.11 Å². The van der Waals surface area contributed by atoms with Gasteiger partial charge in [0.15, 0.2) is 0 Å². The molecule has 0 aliphatic carbocycles. The molecule has 0 saturated heterocycles. The van der Waals surface area contributed by atoms with E-state index in [9.17, 15) is 9.59 Å². The average molecular weight is 401 g/mol. The van der Waals surface area contributed by atoms with E-state index in [1.54, 1.807) is 7.11 Å². The molecule has 0 amide bonds. The van der Waals surface area contributed by atoms with Gasteiger partial charge in [-0.1, -0.05) is 45.0 Å². The zero-order valence-corrected chi connectivity index (χ0v) is 17.4. The number of hydrogen-bond acceptors (Lipinski definition) is 4. The van der Waals surface area contributed by atoms with Crippen molar-refractivity contribution in [1.82, 2.24) is 14.5 Å². The molecule has 0 atom stereocenters. The summed E-state index contributed by atoms with van der Waals surface area (Å²) in [6, 6.07) is 17.0. The third-order valence-electron chi connectivity index (χ3n) is 5.06. The Morgan fingerprint density at radius 2 is 1.77 bits per heavy atom. The Kier molecular flexibility index (Phi) is 4.78. The molecule has 4 rings (SSSR count). The second-order valence-corrected chi connectivity index (χ2v) is 8.19. The molecule has 0 bridgehead atoms. The summed E-state index contributed by atoms with van der Waals surface area (Å²) in [6.07, 6.45) is 1.48. The van der Waals surface area contributed by atoms with Crippen LogP contribution in [0, 0.1) is 0 Å². The molecule has 2 aromatic heterocycles. The molecule has 6 nitrogen and oxygen atoms in total. The fraction of sp³-hybridized carbons (Fsp3) is 0.208. The number of hydrogen-bond donors (Lipinski definition) is 1. The van der Waals surface area contributed by atoms with E-state index in [0.29, 0.717) is 11.4 Å². The highest BCUT2D eigenvalue weighted by Gasteiger charge is 2.24. The van der Waals surface area contributed by atoms with Gasteiger partial charge in [0.2, 0.25) is 0 Å². The number of aromatic nitrogens is 3. The first kappa shape index (κ1) is 19.6. The van der Waals surface area contributed by atoms with Gasteiger partial charge >= 0.3 is 5.69 Å². The molecule has 2 aromatic carbocycles. The van der Waals surface area contributed by atoms with Crippen molar-refractivity contribution < 1.29 is 4.74 Å². The van der Waals surface area contributed by atoms with Crippen molar-refractivity contribution in [3.8, 4) is 22.7 Å². The summed E-state index contributed by atoms with van der Waals surface area (Å²) in [7, 11) is 1.64. The van der Waals surface area contributed by atoms with Crippen LogP contribution in [0.25, 0.3) is 27.8 Å². The highest BCUT2D eigenvalue weighted by molar-refractivity contribution is 5.83. The Hall–Kier alpha value is -3.67. The van der Waals surface area contributed by atoms with Crippen molar-refractivity contribution in [1.29, 1.82) is 0 Å². The number of benzene rings is 2. The van der Waals surface area contributed by atoms with Crippen LogP contribution < -0.4 is 16.0 Å². The molecule has 0 unspecified atom stereocenters. The number of ether oxygens (including phenoxy) is 1. The zero-order valence-electron chi connectivity index (χ0n) is 17.4. The fourth-order valence-electron chi connectivity index (χ4n) is 3.56. The van der Waals surface area contributed by atoms with E-state index in [0.717, 1.165) is 27.7 Å². The molecular weight excluding hydrogens is 378 g/mol. The van der Waals surface area contributed by atoms with Gasteiger partial charge in [0.05, 0.1) is 24.0 Å². The molecule has 30 heavy (non-hydrogen) atoms. The van der Waals surface area contributed by atoms with Crippen molar-refractivity contribution >= 4 is 10.9 Å². The summed E-state index contributed by atoms with van der Waals surface area (Å²) in [4.78, 5) is 31.1. The highest BCUT2D eigenvalue weighted by Crippen LogP contribution is 2.40. The standard InChI is InChI=1S/C24H23N3O3/c1-24(2,3)18-14-16(27-12-11-21(28)26-23(27)29)13-17(22(18)30-4)20-10-9-15-7-5-6-8-19(15)25-20/h5-14H,1-4H3,(H,26,28,29). The van der Waals surface area contributed by atoms with Crippen LogP contribution in [0.15, 0.2) is 70.4 Å². The van der Waals surface area contributed by atoms with E-state index >= 15 is 0 Å². The lowest BCUT2D eigenvalue weighted by atomic mass is 9.84. The minimum atomic E-state index is -0.495. The monoisotopic (exact) mass is 401 g/mol. The summed E-state index contributed by atoms with van der Waals surface area (Å²) >= 11 is 0. The summed E-state index contributed by atoms with van der Waals surface area (Å²) in [6.45, 7) is 6.26. The Morgan fingerprint density at radius 3 is 2.47 bits per heavy atom. The van der Waals surface area contributed by atoms with Crippen molar-refractivity contribution in [3.05, 3.63) is 87.2 Å². The molecule has 0 radical (unpaired) electrons. The van der Waals surface area contributed by atoms with Crippen LogP contribution in [0.4, 0.5) is 0 Å². The van der Waals surface area contributed by atoms with Crippen LogP contribution in [0.2, 0.25) is 0 Å². The average Bonchev–Trinajstić information content (AvgIpc) is 2.72. The van der Waals surface area contributed by atoms with Crippen molar-refractivity contribution in [2.45, 2.75) is 26.2 Å². The number of aromatic amines is 1. The number of para-hydroxylation sites is 1. The number of nitrogens with one attached hydrogen (secondary N) is 1. The molecule has 0 saturated carbocycles. The molecule has 1 N–H and O–H groups in total. The highest BCUT2D eigenvalue weighted by atomic mass is 16.5. The van der Waals surface area contributed by atoms with Gasteiger partial charge in [-0.15, -0.1) is 0 Å². The van der Waals surface area contributed by atoms with Crippen LogP contribution in [0.3, 0.4) is 0 Å². The largest absolute Gasteiger partial charge is 0.496 e. The SMILES string of the molecule is COc1c(-c2ccc3ccccc3n2)cc(-n2ccc(=O)[nH]c2=O)cc1C(C)(C)C. The molecule has 2 heterocycles. The minimum absolute atomic E-state index is 0.251. The van der Waals surface area contributed by atoms with Gasteiger partial charge in [0.1, 0.15) is 5.75 Å². The number of methoxy groups -OCH3 is 1. The zero-order chi connectivity index (χ0) is 21.5. The normalized spacial score (nSPS) is 11.6. The summed E-state index contributed by atoms with van der Waals surface area (Å²) < 4.78 is 7.24. The molecule has 0 fully saturated rings. The van der Waals surface area contributed by atoms with Gasteiger partial charge in [-0.25, -0.2) is 9.78 Å². The lowest BCUT2D eigenvalue weighted by Gasteiger charge is -2.25. The number of rotatable bonds is 3. The topological polar surface area (TPSA) is 77.0 Å². The van der Waals surface area contributed by atoms with Crippen molar-refractivity contribution in [2.24, 2.45) is 0 Å². The second-order valence-electron chi connectivity index (χ2n) is 8.19. The van der Waals surface area contributed by atoms with Crippen LogP contribution >= 0.6 is 0 Å². The molecule has 0 spiro atoms. The minimum Gasteiger partial charge on any atom is -0.496 e. The van der Waals surface area contributed by atoms with Gasteiger partial charge in [0.25, 0.3) is 5.56 Å². The van der Waals surface area contributed by atoms with Gasteiger partial charge in [-0.3, -0.25) is 14.3 Å². The number of H-pyrrole nitrogens is 1. The third kappa shape index (κ3) is 3.52. The summed E-state index contributed by atoms with van der Waals surface area (Å²) in [5.74, 6) is 0.714. The van der Waals surface area contributed by atoms with Crippen LogP contribution in [0.5, 0.6) is 5.75 Å². The molecule has 0 aliphatic rings. The van der Waals surface area contributed by atoms with Gasteiger partial charge in [-0.2, -0.15) is 0 Å². The third-order valence-corrected chi connectivity index (χ3v) is 5.06. The Balaban J connectivity index is 2.04. The maximum Gasteiger partial charge on any atom is 0.332 e. The van der Waals surface area contributed by atoms with Gasteiger partial charge < -0.3 is 4.74 Å². The maximum atomic E-state index is 12.4. The number of nitrogens with zero attached hydrogens (tertiary/aromatic N) is 2. The lowest BCUT2D eigenvalue weighted by Crippen LogP contribution is -2.27. The Morgan fingerprint density at radius 1 is 1.00 bits per heavy atom. The van der Waals surface area contributed by atoms with E-state index in [1.165, 1.54) is 16.8 Å². The van der Waals surface area contributed by atoms with E-state index in [4.69, 9.17) is 9.72 Å². The molecule has 152 valence electrons. The van der Waals surface area contributed by atoms with Crippen LogP contribution in [-0.4, -0.2) is 21.6 Å². The summed E-state index contributed by atoms with van der Waals surface area (Å²) in [5.41, 5.74) is 2.79. The smallest absolute Gasteiger partial charge is 0.332 e. The van der Waals surface area contributed by atoms with E-state index < -0.39 is 11.2 Å². The summed E-state index contributed by atoms with van der Waals surface area (Å²) in [5, 5.41) is 1.05. The second kappa shape index (κ2) is 7.30. The lowest BCUT2D eigenvalue weighted by molar-refractivity contribution is 0.399.